The third-order valence-corrected chi connectivity index (χ3v) is 12.5. The van der Waals surface area contributed by atoms with Gasteiger partial charge in [-0.25, -0.2) is 0 Å². The van der Waals surface area contributed by atoms with Crippen molar-refractivity contribution in [2.24, 2.45) is 51.8 Å². The normalized spacial score (nSPS) is 42.7. The summed E-state index contributed by atoms with van der Waals surface area (Å²) in [4.78, 5) is 14.5. The molecule has 1 unspecified atom stereocenters. The van der Waals surface area contributed by atoms with Crippen molar-refractivity contribution in [1.29, 1.82) is 0 Å². The number of nitrogens with zero attached hydrogens (tertiary/aromatic N) is 1. The van der Waals surface area contributed by atoms with Crippen LogP contribution in [0.2, 0.25) is 0 Å². The Bertz CT molecular complexity index is 836. The molecule has 0 radical (unpaired) electrons. The largest absolute Gasteiger partial charge is 0.339 e. The van der Waals surface area contributed by atoms with Gasteiger partial charge < -0.3 is 4.90 Å². The van der Waals surface area contributed by atoms with Crippen LogP contribution < -0.4 is 0 Å². The number of carbonyl (C=O) groups is 1. The van der Waals surface area contributed by atoms with E-state index in [1.807, 2.05) is 11.9 Å². The molecule has 4 saturated carbocycles. The predicted octanol–water partition coefficient (Wildman–Crippen LogP) is 8.68. The van der Waals surface area contributed by atoms with Gasteiger partial charge in [0.2, 0.25) is 5.91 Å². The molecule has 1 amide bonds. The Kier molecular flexibility index (Phi) is 7.47. The maximum absolute atomic E-state index is 12.5. The number of fused-ring (bicyclic) bond motifs is 5. The maximum Gasteiger partial charge on any atom is 0.245 e. The van der Waals surface area contributed by atoms with E-state index < -0.39 is 0 Å². The topological polar surface area (TPSA) is 20.3 Å². The standard InChI is InChI=1S/C33H55NO/c1-10-30(35)34(9)29-19-21-33(8)27-18-20-32(7)25(23(4)13-11-12-22(2)3)15-16-26(32)24(27)14-17-28(33)31(29,5)6/h10,12,23-29H,1,11,13-21H2,2-9H3/t23-,24+,25?,26+,27+,28+,29+,32-,33-/m1/s1. The zero-order chi connectivity index (χ0) is 25.8. The van der Waals surface area contributed by atoms with Crippen molar-refractivity contribution in [1.82, 2.24) is 4.90 Å². The van der Waals surface area contributed by atoms with Crippen LogP contribution >= 0.6 is 0 Å². The molecule has 0 aliphatic heterocycles. The Morgan fingerprint density at radius 3 is 2.29 bits per heavy atom. The molecule has 0 bridgehead atoms. The van der Waals surface area contributed by atoms with Crippen molar-refractivity contribution in [3.05, 3.63) is 24.3 Å². The Balaban J connectivity index is 1.52. The summed E-state index contributed by atoms with van der Waals surface area (Å²) >= 11 is 0. The van der Waals surface area contributed by atoms with Gasteiger partial charge in [-0.05, 0) is 136 Å². The second-order valence-electron chi connectivity index (χ2n) is 14.6. The van der Waals surface area contributed by atoms with E-state index in [0.717, 1.165) is 36.0 Å². The van der Waals surface area contributed by atoms with Crippen molar-refractivity contribution < 1.29 is 4.79 Å². The minimum Gasteiger partial charge on any atom is -0.339 e. The van der Waals surface area contributed by atoms with Crippen LogP contribution in [0.5, 0.6) is 0 Å². The average Bonchev–Trinajstić information content (AvgIpc) is 3.15. The van der Waals surface area contributed by atoms with Gasteiger partial charge in [-0.2, -0.15) is 0 Å². The van der Waals surface area contributed by atoms with Gasteiger partial charge in [0.15, 0.2) is 0 Å². The lowest BCUT2D eigenvalue weighted by Crippen LogP contribution is -2.62. The highest BCUT2D eigenvalue weighted by atomic mass is 16.2. The summed E-state index contributed by atoms with van der Waals surface area (Å²) in [7, 11) is 2.01. The van der Waals surface area contributed by atoms with Crippen LogP contribution in [0.25, 0.3) is 0 Å². The minimum absolute atomic E-state index is 0.0875. The van der Waals surface area contributed by atoms with E-state index in [1.54, 1.807) is 0 Å². The fourth-order valence-corrected chi connectivity index (χ4v) is 10.9. The van der Waals surface area contributed by atoms with Crippen molar-refractivity contribution in [2.45, 2.75) is 119 Å². The van der Waals surface area contributed by atoms with E-state index in [-0.39, 0.29) is 11.3 Å². The average molecular weight is 482 g/mol. The molecule has 4 aliphatic carbocycles. The van der Waals surface area contributed by atoms with Gasteiger partial charge in [-0.15, -0.1) is 0 Å². The molecule has 35 heavy (non-hydrogen) atoms. The van der Waals surface area contributed by atoms with Crippen molar-refractivity contribution in [3.8, 4) is 0 Å². The first kappa shape index (κ1) is 27.0. The van der Waals surface area contributed by atoms with Gasteiger partial charge in [-0.1, -0.05) is 52.8 Å². The fraction of sp³-hybridized carbons (Fsp3) is 0.848. The molecule has 9 atom stereocenters. The van der Waals surface area contributed by atoms with E-state index in [2.05, 4.69) is 61.1 Å². The number of allylic oxidation sites excluding steroid dienone is 2. The number of likely N-dealkylation sites (N-methyl/N-ethyl adjacent to an activating group) is 1. The number of rotatable bonds is 6. The van der Waals surface area contributed by atoms with Crippen molar-refractivity contribution >= 4 is 5.91 Å². The van der Waals surface area contributed by atoms with Crippen LogP contribution in [0.3, 0.4) is 0 Å². The van der Waals surface area contributed by atoms with E-state index in [4.69, 9.17) is 0 Å². The summed E-state index contributed by atoms with van der Waals surface area (Å²) < 4.78 is 0. The van der Waals surface area contributed by atoms with E-state index in [9.17, 15) is 4.79 Å². The molecule has 198 valence electrons. The van der Waals surface area contributed by atoms with Crippen LogP contribution in [0.4, 0.5) is 0 Å². The number of hydrogen-bond acceptors (Lipinski definition) is 1. The van der Waals surface area contributed by atoms with Gasteiger partial charge in [0.1, 0.15) is 0 Å². The molecule has 0 aromatic carbocycles. The molecule has 0 spiro atoms. The lowest BCUT2D eigenvalue weighted by atomic mass is 9.40. The summed E-state index contributed by atoms with van der Waals surface area (Å²) in [5.41, 5.74) is 2.60. The van der Waals surface area contributed by atoms with Gasteiger partial charge in [0.05, 0.1) is 0 Å². The first-order valence-corrected chi connectivity index (χ1v) is 14.9. The quantitative estimate of drug-likeness (QED) is 0.274. The third kappa shape index (κ3) is 4.37. The Labute approximate surface area is 217 Å². The summed E-state index contributed by atoms with van der Waals surface area (Å²) in [6, 6.07) is 0.328. The van der Waals surface area contributed by atoms with Crippen molar-refractivity contribution in [3.63, 3.8) is 0 Å². The number of carbonyl (C=O) groups excluding carboxylic acids is 1. The maximum atomic E-state index is 12.5. The number of amides is 1. The monoisotopic (exact) mass is 481 g/mol. The van der Waals surface area contributed by atoms with Crippen LogP contribution in [-0.4, -0.2) is 23.9 Å². The molecule has 0 heterocycles. The molecule has 4 fully saturated rings. The lowest BCUT2D eigenvalue weighted by molar-refractivity contribution is -0.170. The first-order valence-electron chi connectivity index (χ1n) is 14.9. The zero-order valence-corrected chi connectivity index (χ0v) is 24.3. The van der Waals surface area contributed by atoms with Crippen LogP contribution in [0, 0.1) is 51.8 Å². The summed E-state index contributed by atoms with van der Waals surface area (Å²) in [6.45, 7) is 21.1. The van der Waals surface area contributed by atoms with E-state index in [0.29, 0.717) is 22.8 Å². The van der Waals surface area contributed by atoms with Gasteiger partial charge >= 0.3 is 0 Å². The van der Waals surface area contributed by atoms with Crippen molar-refractivity contribution in [2.75, 3.05) is 7.05 Å². The molecular formula is C33H55NO. The second-order valence-corrected chi connectivity index (χ2v) is 14.6. The van der Waals surface area contributed by atoms with Crippen LogP contribution in [0.15, 0.2) is 24.3 Å². The lowest BCUT2D eigenvalue weighted by Gasteiger charge is -2.66. The van der Waals surface area contributed by atoms with Gasteiger partial charge in [0.25, 0.3) is 0 Å². The Morgan fingerprint density at radius 2 is 1.63 bits per heavy atom. The van der Waals surface area contributed by atoms with Gasteiger partial charge in [-0.3, -0.25) is 4.79 Å². The zero-order valence-electron chi connectivity index (χ0n) is 24.3. The summed E-state index contributed by atoms with van der Waals surface area (Å²) in [5.74, 6) is 5.28. The molecule has 2 heteroatoms. The molecule has 2 nitrogen and oxygen atoms in total. The molecule has 4 aliphatic rings. The van der Waals surface area contributed by atoms with Crippen LogP contribution in [-0.2, 0) is 4.79 Å². The van der Waals surface area contributed by atoms with Gasteiger partial charge in [0, 0.05) is 13.1 Å². The highest BCUT2D eigenvalue weighted by Gasteiger charge is 2.63. The molecule has 0 aromatic rings. The van der Waals surface area contributed by atoms with E-state index in [1.165, 1.54) is 69.4 Å². The van der Waals surface area contributed by atoms with E-state index >= 15 is 0 Å². The smallest absolute Gasteiger partial charge is 0.245 e. The fourth-order valence-electron chi connectivity index (χ4n) is 10.9. The Morgan fingerprint density at radius 1 is 0.971 bits per heavy atom. The molecule has 0 saturated heterocycles. The third-order valence-electron chi connectivity index (χ3n) is 12.5. The minimum atomic E-state index is 0.0875. The molecule has 0 aromatic heterocycles. The Hall–Kier alpha value is -1.05. The molecule has 0 N–H and O–H groups in total. The van der Waals surface area contributed by atoms with Crippen LogP contribution in [0.1, 0.15) is 113 Å². The molecular weight excluding hydrogens is 426 g/mol. The highest BCUT2D eigenvalue weighted by molar-refractivity contribution is 5.87. The molecule has 4 rings (SSSR count). The summed E-state index contributed by atoms with van der Waals surface area (Å²) in [5, 5.41) is 0. The SMILES string of the molecule is C=CC(=O)N(C)[C@H]1CC[C@]2(C)[C@H]3CC[C@]4(C)C([C@H](C)CCC=C(C)C)CC[C@H]4[C@@H]3CC[C@H]2C1(C)C. The predicted molar refractivity (Wildman–Crippen MR) is 149 cm³/mol. The first-order chi connectivity index (χ1) is 16.4. The number of hydrogen-bond donors (Lipinski definition) is 0. The summed E-state index contributed by atoms with van der Waals surface area (Å²) in [6.07, 6.45) is 17.6. The highest BCUT2D eigenvalue weighted by Crippen LogP contribution is 2.70. The second kappa shape index (κ2) is 9.68.